The Bertz CT molecular complexity index is 274. The van der Waals surface area contributed by atoms with Gasteiger partial charge in [-0.3, -0.25) is 0 Å². The van der Waals surface area contributed by atoms with Crippen LogP contribution in [0.15, 0.2) is 0 Å². The average molecular weight is 250 g/mol. The number of sulfonamides is 1. The summed E-state index contributed by atoms with van der Waals surface area (Å²) in [5.74, 6) is 0.658. The monoisotopic (exact) mass is 250 g/mol. The molecule has 2 N–H and O–H groups in total. The summed E-state index contributed by atoms with van der Waals surface area (Å²) in [5.41, 5.74) is 0. The van der Waals surface area contributed by atoms with E-state index in [0.29, 0.717) is 12.5 Å². The predicted molar refractivity (Wildman–Crippen MR) is 63.9 cm³/mol. The lowest BCUT2D eigenvalue weighted by molar-refractivity contribution is 0.217. The van der Waals surface area contributed by atoms with E-state index in [1.54, 1.807) is 0 Å². The Balaban J connectivity index is 2.13. The van der Waals surface area contributed by atoms with E-state index in [1.165, 1.54) is 20.0 Å². The Hall–Kier alpha value is -0.170. The van der Waals surface area contributed by atoms with Gasteiger partial charge < -0.3 is 10.1 Å². The van der Waals surface area contributed by atoms with Gasteiger partial charge in [0.05, 0.1) is 12.4 Å². The van der Waals surface area contributed by atoms with Crippen LogP contribution in [0.5, 0.6) is 0 Å². The highest BCUT2D eigenvalue weighted by atomic mass is 32.2. The maximum absolute atomic E-state index is 11.4. The van der Waals surface area contributed by atoms with Gasteiger partial charge in [0.2, 0.25) is 10.0 Å². The number of nitrogens with one attached hydrogen (secondary N) is 2. The molecule has 6 heteroatoms. The van der Waals surface area contributed by atoms with Crippen molar-refractivity contribution in [1.29, 1.82) is 0 Å². The van der Waals surface area contributed by atoms with Crippen LogP contribution in [0.25, 0.3) is 0 Å². The summed E-state index contributed by atoms with van der Waals surface area (Å²) in [7, 11) is -1.64. The minimum Gasteiger partial charge on any atom is -0.384 e. The summed E-state index contributed by atoms with van der Waals surface area (Å²) < 4.78 is 30.2. The fourth-order valence-corrected chi connectivity index (χ4v) is 2.81. The molecule has 1 heterocycles. The van der Waals surface area contributed by atoms with E-state index in [-0.39, 0.29) is 12.4 Å². The Labute approximate surface area is 98.0 Å². The topological polar surface area (TPSA) is 67.4 Å². The fraction of sp³-hybridized carbons (Fsp3) is 1.00. The van der Waals surface area contributed by atoms with Gasteiger partial charge in [-0.1, -0.05) is 0 Å². The molecule has 96 valence electrons. The smallest absolute Gasteiger partial charge is 0.213 e. The van der Waals surface area contributed by atoms with Crippen molar-refractivity contribution in [2.24, 2.45) is 5.92 Å². The van der Waals surface area contributed by atoms with Gasteiger partial charge in [0, 0.05) is 13.7 Å². The van der Waals surface area contributed by atoms with Crippen molar-refractivity contribution in [2.45, 2.75) is 19.3 Å². The molecule has 1 aliphatic rings. The maximum atomic E-state index is 11.4. The van der Waals surface area contributed by atoms with Crippen LogP contribution in [0.4, 0.5) is 0 Å². The third-order valence-corrected chi connectivity index (χ3v) is 4.18. The molecule has 0 aromatic heterocycles. The minimum atomic E-state index is -3.14. The van der Waals surface area contributed by atoms with Gasteiger partial charge in [0.25, 0.3) is 0 Å². The van der Waals surface area contributed by atoms with Crippen molar-refractivity contribution in [2.75, 3.05) is 39.1 Å². The minimum absolute atomic E-state index is 0.0480. The van der Waals surface area contributed by atoms with Gasteiger partial charge in [-0.15, -0.1) is 0 Å². The van der Waals surface area contributed by atoms with E-state index in [4.69, 9.17) is 4.74 Å². The van der Waals surface area contributed by atoms with Crippen LogP contribution in [0.2, 0.25) is 0 Å². The van der Waals surface area contributed by atoms with E-state index >= 15 is 0 Å². The van der Waals surface area contributed by atoms with Crippen LogP contribution in [0.1, 0.15) is 19.3 Å². The predicted octanol–water partition coefficient (Wildman–Crippen LogP) is -0.0581. The molecule has 0 aromatic rings. The largest absolute Gasteiger partial charge is 0.384 e. The molecule has 0 aromatic carbocycles. The normalized spacial score (nSPS) is 22.2. The molecule has 0 radical (unpaired) electrons. The van der Waals surface area contributed by atoms with Crippen LogP contribution < -0.4 is 10.0 Å². The highest BCUT2D eigenvalue weighted by Gasteiger charge is 2.14. The number of ether oxygens (including phenoxy) is 1. The van der Waals surface area contributed by atoms with E-state index in [1.807, 2.05) is 0 Å². The maximum Gasteiger partial charge on any atom is 0.213 e. The molecule has 0 amide bonds. The van der Waals surface area contributed by atoms with E-state index in [0.717, 1.165) is 19.5 Å². The van der Waals surface area contributed by atoms with Gasteiger partial charge >= 0.3 is 0 Å². The summed E-state index contributed by atoms with van der Waals surface area (Å²) in [4.78, 5) is 0. The van der Waals surface area contributed by atoms with Crippen molar-refractivity contribution in [1.82, 2.24) is 10.0 Å². The summed E-state index contributed by atoms with van der Waals surface area (Å²) in [6.07, 6.45) is 3.31. The van der Waals surface area contributed by atoms with Crippen molar-refractivity contribution in [3.05, 3.63) is 0 Å². The molecule has 5 nitrogen and oxygen atoms in total. The number of piperidine rings is 1. The molecular weight excluding hydrogens is 228 g/mol. The Kier molecular flexibility index (Phi) is 6.26. The van der Waals surface area contributed by atoms with Gasteiger partial charge in [-0.05, 0) is 38.3 Å². The summed E-state index contributed by atoms with van der Waals surface area (Å²) >= 11 is 0. The molecule has 0 bridgehead atoms. The summed E-state index contributed by atoms with van der Waals surface area (Å²) in [6, 6.07) is 0. The van der Waals surface area contributed by atoms with Crippen LogP contribution in [0, 0.1) is 5.92 Å². The standard InChI is InChI=1S/C10H22N2O3S/c1-15-7-8-16(13,14)12-6-4-10-3-2-5-11-9-10/h10-12H,2-9H2,1H3. The van der Waals surface area contributed by atoms with Crippen LogP contribution in [-0.2, 0) is 14.8 Å². The Morgan fingerprint density at radius 3 is 2.94 bits per heavy atom. The quantitative estimate of drug-likeness (QED) is 0.664. The molecule has 1 saturated heterocycles. The molecule has 16 heavy (non-hydrogen) atoms. The second-order valence-electron chi connectivity index (χ2n) is 4.21. The molecule has 1 atom stereocenters. The summed E-state index contributed by atoms with van der Waals surface area (Å²) in [5, 5.41) is 3.32. The first-order chi connectivity index (χ1) is 7.64. The lowest BCUT2D eigenvalue weighted by Crippen LogP contribution is -2.34. The third-order valence-electron chi connectivity index (χ3n) is 2.83. The van der Waals surface area contributed by atoms with Gasteiger partial charge in [-0.25, -0.2) is 13.1 Å². The zero-order valence-electron chi connectivity index (χ0n) is 9.87. The summed E-state index contributed by atoms with van der Waals surface area (Å²) in [6.45, 7) is 2.90. The molecule has 0 spiro atoms. The average Bonchev–Trinajstić information content (AvgIpc) is 2.28. The molecule has 0 saturated carbocycles. The lowest BCUT2D eigenvalue weighted by atomic mass is 9.96. The van der Waals surface area contributed by atoms with Crippen molar-refractivity contribution in [3.63, 3.8) is 0 Å². The van der Waals surface area contributed by atoms with Crippen LogP contribution in [0.3, 0.4) is 0 Å². The van der Waals surface area contributed by atoms with Gasteiger partial charge in [-0.2, -0.15) is 0 Å². The Morgan fingerprint density at radius 1 is 1.50 bits per heavy atom. The highest BCUT2D eigenvalue weighted by Crippen LogP contribution is 2.12. The molecule has 1 fully saturated rings. The zero-order chi connectivity index (χ0) is 11.9. The van der Waals surface area contributed by atoms with E-state index in [2.05, 4.69) is 10.0 Å². The molecule has 1 aliphatic heterocycles. The first kappa shape index (κ1) is 13.9. The van der Waals surface area contributed by atoms with Gasteiger partial charge in [0.15, 0.2) is 0 Å². The SMILES string of the molecule is COCCS(=O)(=O)NCCC1CCCNC1. The van der Waals surface area contributed by atoms with Crippen LogP contribution in [-0.4, -0.2) is 47.5 Å². The van der Waals surface area contributed by atoms with Crippen LogP contribution >= 0.6 is 0 Å². The first-order valence-electron chi connectivity index (χ1n) is 5.81. The fourth-order valence-electron chi connectivity index (χ4n) is 1.85. The lowest BCUT2D eigenvalue weighted by Gasteiger charge is -2.22. The third kappa shape index (κ3) is 5.79. The zero-order valence-corrected chi connectivity index (χ0v) is 10.7. The highest BCUT2D eigenvalue weighted by molar-refractivity contribution is 7.89. The Morgan fingerprint density at radius 2 is 2.31 bits per heavy atom. The van der Waals surface area contributed by atoms with E-state index in [9.17, 15) is 8.42 Å². The molecular formula is C10H22N2O3S. The first-order valence-corrected chi connectivity index (χ1v) is 7.46. The number of hydrogen-bond donors (Lipinski definition) is 2. The number of rotatable bonds is 7. The molecule has 0 aliphatic carbocycles. The second-order valence-corrected chi connectivity index (χ2v) is 6.13. The second kappa shape index (κ2) is 7.21. The number of methoxy groups -OCH3 is 1. The molecule has 1 rings (SSSR count). The number of hydrogen-bond acceptors (Lipinski definition) is 4. The van der Waals surface area contributed by atoms with Gasteiger partial charge in [0.1, 0.15) is 0 Å². The van der Waals surface area contributed by atoms with Crippen molar-refractivity contribution < 1.29 is 13.2 Å². The van der Waals surface area contributed by atoms with Crippen molar-refractivity contribution >= 4 is 10.0 Å². The molecule has 1 unspecified atom stereocenters. The van der Waals surface area contributed by atoms with Crippen molar-refractivity contribution in [3.8, 4) is 0 Å². The van der Waals surface area contributed by atoms with E-state index < -0.39 is 10.0 Å².